The van der Waals surface area contributed by atoms with Crippen LogP contribution >= 0.6 is 0 Å². The van der Waals surface area contributed by atoms with Gasteiger partial charge >= 0.3 is 0 Å². The highest BCUT2D eigenvalue weighted by molar-refractivity contribution is 7.91. The van der Waals surface area contributed by atoms with Crippen LogP contribution in [0, 0.1) is 0 Å². The molecule has 0 unspecified atom stereocenters. The normalized spacial score (nSPS) is 15.5. The van der Waals surface area contributed by atoms with E-state index in [9.17, 15) is 13.2 Å². The van der Waals surface area contributed by atoms with Gasteiger partial charge < -0.3 is 9.84 Å². The average Bonchev–Trinajstić information content (AvgIpc) is 3.19. The summed E-state index contributed by atoms with van der Waals surface area (Å²) in [6, 6.07) is 9.22. The van der Waals surface area contributed by atoms with Crippen LogP contribution < -0.4 is 5.32 Å². The topological polar surface area (TPSA) is 102 Å². The largest absolute Gasteiger partial charge is 0.352 e. The lowest BCUT2D eigenvalue weighted by Gasteiger charge is -2.11. The Morgan fingerprint density at radius 3 is 2.62 bits per heavy atom. The quantitative estimate of drug-likeness (QED) is 0.852. The molecule has 1 N–H and O–H groups in total. The van der Waals surface area contributed by atoms with Crippen LogP contribution in [-0.2, 0) is 20.4 Å². The Kier molecular flexibility index (Phi) is 4.94. The van der Waals surface area contributed by atoms with Gasteiger partial charge in [0.15, 0.2) is 9.84 Å². The number of sulfone groups is 1. The van der Waals surface area contributed by atoms with Crippen molar-refractivity contribution in [3.63, 3.8) is 0 Å². The standard InChI is InChI=1S/C16H19N3O4S/c20-14(17-13-8-4-5-9-13)10-24(21,22)11-15-18-16(19-23-15)12-6-2-1-3-7-12/h1-3,6-7,13H,4-5,8-11H2,(H,17,20). The molecule has 1 heterocycles. The van der Waals surface area contributed by atoms with Gasteiger partial charge in [0.1, 0.15) is 11.5 Å². The number of amides is 1. The molecule has 128 valence electrons. The van der Waals surface area contributed by atoms with Gasteiger partial charge in [-0.3, -0.25) is 4.79 Å². The number of carbonyl (C=O) groups excluding carboxylic acids is 1. The van der Waals surface area contributed by atoms with Crippen molar-refractivity contribution in [1.82, 2.24) is 15.5 Å². The average molecular weight is 349 g/mol. The number of aromatic nitrogens is 2. The Hall–Kier alpha value is -2.22. The second-order valence-electron chi connectivity index (χ2n) is 5.96. The summed E-state index contributed by atoms with van der Waals surface area (Å²) < 4.78 is 29.3. The van der Waals surface area contributed by atoms with E-state index in [1.54, 1.807) is 12.1 Å². The summed E-state index contributed by atoms with van der Waals surface area (Å²) in [6.45, 7) is 0. The third-order valence-corrected chi connectivity index (χ3v) is 5.30. The molecule has 0 atom stereocenters. The van der Waals surface area contributed by atoms with E-state index in [4.69, 9.17) is 4.52 Å². The number of nitrogens with zero attached hydrogens (tertiary/aromatic N) is 2. The van der Waals surface area contributed by atoms with Gasteiger partial charge in [-0.1, -0.05) is 48.3 Å². The summed E-state index contributed by atoms with van der Waals surface area (Å²) in [5.74, 6) is -1.15. The molecule has 0 radical (unpaired) electrons. The van der Waals surface area contributed by atoms with Crippen LogP contribution in [0.5, 0.6) is 0 Å². The molecule has 0 aliphatic heterocycles. The third-order valence-electron chi connectivity index (χ3n) is 3.91. The van der Waals surface area contributed by atoms with E-state index in [0.29, 0.717) is 5.82 Å². The summed E-state index contributed by atoms with van der Waals surface area (Å²) in [5.41, 5.74) is 0.740. The minimum absolute atomic E-state index is 0.0116. The summed E-state index contributed by atoms with van der Waals surface area (Å²) in [5, 5.41) is 6.55. The molecule has 0 spiro atoms. The molecular weight excluding hydrogens is 330 g/mol. The van der Waals surface area contributed by atoms with Crippen LogP contribution in [0.3, 0.4) is 0 Å². The molecule has 1 amide bonds. The molecule has 3 rings (SSSR count). The van der Waals surface area contributed by atoms with Crippen molar-refractivity contribution in [1.29, 1.82) is 0 Å². The Bertz CT molecular complexity index is 796. The number of hydrogen-bond donors (Lipinski definition) is 1. The van der Waals surface area contributed by atoms with Gasteiger partial charge in [-0.25, -0.2) is 8.42 Å². The maximum atomic E-state index is 12.1. The van der Waals surface area contributed by atoms with Crippen LogP contribution in [0.2, 0.25) is 0 Å². The second kappa shape index (κ2) is 7.12. The third kappa shape index (κ3) is 4.41. The van der Waals surface area contributed by atoms with Crippen LogP contribution in [0.4, 0.5) is 0 Å². The lowest BCUT2D eigenvalue weighted by atomic mass is 10.2. The molecular formula is C16H19N3O4S. The monoisotopic (exact) mass is 349 g/mol. The maximum absolute atomic E-state index is 12.1. The van der Waals surface area contributed by atoms with Crippen molar-refractivity contribution in [2.45, 2.75) is 37.5 Å². The molecule has 8 heteroatoms. The van der Waals surface area contributed by atoms with E-state index in [1.165, 1.54) is 0 Å². The zero-order valence-corrected chi connectivity index (χ0v) is 14.0. The van der Waals surface area contributed by atoms with E-state index < -0.39 is 27.3 Å². The van der Waals surface area contributed by atoms with Gasteiger partial charge in [0.2, 0.25) is 17.6 Å². The Morgan fingerprint density at radius 2 is 1.92 bits per heavy atom. The fourth-order valence-electron chi connectivity index (χ4n) is 2.80. The first-order chi connectivity index (χ1) is 11.5. The predicted molar refractivity (Wildman–Crippen MR) is 87.6 cm³/mol. The highest BCUT2D eigenvalue weighted by Gasteiger charge is 2.24. The van der Waals surface area contributed by atoms with Gasteiger partial charge in [0.25, 0.3) is 0 Å². The molecule has 24 heavy (non-hydrogen) atoms. The van der Waals surface area contributed by atoms with E-state index in [2.05, 4.69) is 15.5 Å². The Balaban J connectivity index is 1.60. The highest BCUT2D eigenvalue weighted by Crippen LogP contribution is 2.18. The highest BCUT2D eigenvalue weighted by atomic mass is 32.2. The van der Waals surface area contributed by atoms with E-state index in [0.717, 1.165) is 31.2 Å². The van der Waals surface area contributed by atoms with Crippen LogP contribution in [0.15, 0.2) is 34.9 Å². The zero-order chi connectivity index (χ0) is 17.0. The Labute approximate surface area is 140 Å². The van der Waals surface area contributed by atoms with Gasteiger partial charge in [-0.05, 0) is 12.8 Å². The van der Waals surface area contributed by atoms with Gasteiger partial charge in [0, 0.05) is 11.6 Å². The summed E-state index contributed by atoms with van der Waals surface area (Å²) in [7, 11) is -3.65. The minimum atomic E-state index is -3.65. The Morgan fingerprint density at radius 1 is 1.21 bits per heavy atom. The molecule has 1 saturated carbocycles. The molecule has 7 nitrogen and oxygen atoms in total. The minimum Gasteiger partial charge on any atom is -0.352 e. The zero-order valence-electron chi connectivity index (χ0n) is 13.1. The number of nitrogens with one attached hydrogen (secondary N) is 1. The van der Waals surface area contributed by atoms with Crippen molar-refractivity contribution in [2.24, 2.45) is 0 Å². The molecule has 1 aromatic heterocycles. The molecule has 1 aliphatic carbocycles. The number of carbonyl (C=O) groups is 1. The van der Waals surface area contributed by atoms with E-state index >= 15 is 0 Å². The smallest absolute Gasteiger partial charge is 0.242 e. The molecule has 1 aliphatic rings. The van der Waals surface area contributed by atoms with Crippen LogP contribution in [-0.4, -0.2) is 36.3 Å². The van der Waals surface area contributed by atoms with Crippen molar-refractivity contribution in [3.8, 4) is 11.4 Å². The maximum Gasteiger partial charge on any atom is 0.242 e. The van der Waals surface area contributed by atoms with Gasteiger partial charge in [-0.2, -0.15) is 4.98 Å². The second-order valence-corrected chi connectivity index (χ2v) is 8.02. The molecule has 0 bridgehead atoms. The first kappa shape index (κ1) is 16.6. The van der Waals surface area contributed by atoms with Crippen LogP contribution in [0.1, 0.15) is 31.6 Å². The number of rotatable bonds is 6. The van der Waals surface area contributed by atoms with Crippen molar-refractivity contribution < 1.29 is 17.7 Å². The fourth-order valence-corrected chi connectivity index (χ4v) is 3.87. The fraction of sp³-hybridized carbons (Fsp3) is 0.438. The predicted octanol–water partition coefficient (Wildman–Crippen LogP) is 1.71. The SMILES string of the molecule is O=C(CS(=O)(=O)Cc1nc(-c2ccccc2)no1)NC1CCCC1. The lowest BCUT2D eigenvalue weighted by Crippen LogP contribution is -2.37. The summed E-state index contributed by atoms with van der Waals surface area (Å²) in [4.78, 5) is 16.0. The number of benzene rings is 1. The number of hydrogen-bond acceptors (Lipinski definition) is 6. The molecule has 1 aromatic carbocycles. The van der Waals surface area contributed by atoms with Crippen molar-refractivity contribution in [3.05, 3.63) is 36.2 Å². The lowest BCUT2D eigenvalue weighted by molar-refractivity contribution is -0.119. The summed E-state index contributed by atoms with van der Waals surface area (Å²) >= 11 is 0. The molecule has 2 aromatic rings. The van der Waals surface area contributed by atoms with E-state index in [-0.39, 0.29) is 11.9 Å². The van der Waals surface area contributed by atoms with Crippen LogP contribution in [0.25, 0.3) is 11.4 Å². The van der Waals surface area contributed by atoms with Crippen molar-refractivity contribution >= 4 is 15.7 Å². The van der Waals surface area contributed by atoms with Gasteiger partial charge in [0.05, 0.1) is 0 Å². The molecule has 1 fully saturated rings. The summed E-state index contributed by atoms with van der Waals surface area (Å²) in [6.07, 6.45) is 3.97. The first-order valence-corrected chi connectivity index (χ1v) is 9.72. The van der Waals surface area contributed by atoms with Crippen molar-refractivity contribution in [2.75, 3.05) is 5.75 Å². The van der Waals surface area contributed by atoms with Gasteiger partial charge in [-0.15, -0.1) is 0 Å². The molecule has 0 saturated heterocycles. The first-order valence-electron chi connectivity index (χ1n) is 7.90. The van der Waals surface area contributed by atoms with E-state index in [1.807, 2.05) is 18.2 Å².